The van der Waals surface area contributed by atoms with Gasteiger partial charge in [0, 0.05) is 28.0 Å². The SMILES string of the molecule is CC(C)c1[nH]nc(-c2ccc(Cl)cc2)c1-c1ccccn1. The molecule has 0 saturated carbocycles. The summed E-state index contributed by atoms with van der Waals surface area (Å²) in [6, 6.07) is 13.6. The van der Waals surface area contributed by atoms with E-state index in [9.17, 15) is 0 Å². The molecule has 0 aliphatic heterocycles. The Kier molecular flexibility index (Phi) is 3.76. The second-order valence-electron chi connectivity index (χ2n) is 5.24. The van der Waals surface area contributed by atoms with E-state index in [1.807, 2.05) is 42.5 Å². The Morgan fingerprint density at radius 1 is 1.05 bits per heavy atom. The van der Waals surface area contributed by atoms with E-state index in [4.69, 9.17) is 11.6 Å². The molecule has 21 heavy (non-hydrogen) atoms. The molecule has 0 aliphatic rings. The van der Waals surface area contributed by atoms with Gasteiger partial charge in [-0.25, -0.2) is 0 Å². The Balaban J connectivity index is 2.20. The van der Waals surface area contributed by atoms with Crippen molar-refractivity contribution in [1.82, 2.24) is 15.2 Å². The molecule has 0 spiro atoms. The standard InChI is InChI=1S/C17H16ClN3/c1-11(2)16-15(14-5-3-4-10-19-14)17(21-20-16)12-6-8-13(18)9-7-12/h3-11H,1-2H3,(H,20,21). The number of nitrogens with zero attached hydrogens (tertiary/aromatic N) is 2. The van der Waals surface area contributed by atoms with Crippen molar-refractivity contribution in [2.24, 2.45) is 0 Å². The number of benzene rings is 1. The van der Waals surface area contributed by atoms with Gasteiger partial charge in [0.1, 0.15) is 5.69 Å². The summed E-state index contributed by atoms with van der Waals surface area (Å²) >= 11 is 5.97. The smallest absolute Gasteiger partial charge is 0.102 e. The van der Waals surface area contributed by atoms with E-state index in [0.717, 1.165) is 33.2 Å². The van der Waals surface area contributed by atoms with Crippen LogP contribution in [0.25, 0.3) is 22.5 Å². The number of pyridine rings is 1. The van der Waals surface area contributed by atoms with Crippen LogP contribution in [-0.4, -0.2) is 15.2 Å². The maximum absolute atomic E-state index is 5.97. The van der Waals surface area contributed by atoms with Crippen LogP contribution in [0.1, 0.15) is 25.5 Å². The van der Waals surface area contributed by atoms with E-state index in [0.29, 0.717) is 5.92 Å². The molecule has 3 nitrogen and oxygen atoms in total. The van der Waals surface area contributed by atoms with Crippen molar-refractivity contribution in [2.45, 2.75) is 19.8 Å². The average Bonchev–Trinajstić information content (AvgIpc) is 2.94. The van der Waals surface area contributed by atoms with E-state index in [2.05, 4.69) is 29.0 Å². The summed E-state index contributed by atoms with van der Waals surface area (Å²) in [6.07, 6.45) is 1.80. The van der Waals surface area contributed by atoms with E-state index >= 15 is 0 Å². The number of H-pyrrole nitrogens is 1. The lowest BCUT2D eigenvalue weighted by atomic mass is 9.98. The van der Waals surface area contributed by atoms with Crippen LogP contribution in [0.2, 0.25) is 5.02 Å². The molecule has 2 aromatic heterocycles. The van der Waals surface area contributed by atoms with Gasteiger partial charge in [-0.2, -0.15) is 5.10 Å². The van der Waals surface area contributed by atoms with Gasteiger partial charge in [-0.05, 0) is 30.2 Å². The summed E-state index contributed by atoms with van der Waals surface area (Å²) in [5.41, 5.74) is 5.03. The van der Waals surface area contributed by atoms with Gasteiger partial charge in [0.05, 0.1) is 5.69 Å². The fourth-order valence-electron chi connectivity index (χ4n) is 2.36. The third kappa shape index (κ3) is 2.69. The Hall–Kier alpha value is -2.13. The highest BCUT2D eigenvalue weighted by molar-refractivity contribution is 6.30. The highest BCUT2D eigenvalue weighted by atomic mass is 35.5. The van der Waals surface area contributed by atoms with Gasteiger partial charge in [0.15, 0.2) is 0 Å². The number of halogens is 1. The first-order chi connectivity index (χ1) is 10.2. The molecule has 4 heteroatoms. The van der Waals surface area contributed by atoms with Crippen LogP contribution in [0.5, 0.6) is 0 Å². The van der Waals surface area contributed by atoms with Crippen molar-refractivity contribution in [3.63, 3.8) is 0 Å². The molecule has 1 N–H and O–H groups in total. The third-order valence-electron chi connectivity index (χ3n) is 3.41. The Morgan fingerprint density at radius 2 is 1.81 bits per heavy atom. The van der Waals surface area contributed by atoms with E-state index in [-0.39, 0.29) is 0 Å². The zero-order valence-electron chi connectivity index (χ0n) is 12.0. The zero-order chi connectivity index (χ0) is 14.8. The van der Waals surface area contributed by atoms with Crippen LogP contribution in [0.3, 0.4) is 0 Å². The largest absolute Gasteiger partial charge is 0.281 e. The molecule has 0 aliphatic carbocycles. The molecule has 2 heterocycles. The summed E-state index contributed by atoms with van der Waals surface area (Å²) in [5.74, 6) is 0.343. The number of aromatic nitrogens is 3. The van der Waals surface area contributed by atoms with Crippen LogP contribution >= 0.6 is 11.6 Å². The van der Waals surface area contributed by atoms with Gasteiger partial charge < -0.3 is 0 Å². The highest BCUT2D eigenvalue weighted by Gasteiger charge is 2.19. The van der Waals surface area contributed by atoms with Gasteiger partial charge >= 0.3 is 0 Å². The van der Waals surface area contributed by atoms with Gasteiger partial charge in [-0.15, -0.1) is 0 Å². The second kappa shape index (κ2) is 5.70. The first kappa shape index (κ1) is 13.8. The van der Waals surface area contributed by atoms with Crippen molar-refractivity contribution in [1.29, 1.82) is 0 Å². The Bertz CT molecular complexity index is 730. The van der Waals surface area contributed by atoms with Crippen molar-refractivity contribution in [2.75, 3.05) is 0 Å². The molecule has 106 valence electrons. The average molecular weight is 298 g/mol. The lowest BCUT2D eigenvalue weighted by molar-refractivity contribution is 0.812. The number of rotatable bonds is 3. The molecule has 0 saturated heterocycles. The molecule has 0 radical (unpaired) electrons. The second-order valence-corrected chi connectivity index (χ2v) is 5.67. The molecule has 0 bridgehead atoms. The van der Waals surface area contributed by atoms with E-state index in [1.54, 1.807) is 6.20 Å². The minimum absolute atomic E-state index is 0.343. The normalized spacial score (nSPS) is 11.0. The topological polar surface area (TPSA) is 41.6 Å². The lowest BCUT2D eigenvalue weighted by Gasteiger charge is -2.08. The number of hydrogen-bond acceptors (Lipinski definition) is 2. The Labute approximate surface area is 129 Å². The molecule has 0 atom stereocenters. The third-order valence-corrected chi connectivity index (χ3v) is 3.66. The number of nitrogens with one attached hydrogen (secondary N) is 1. The van der Waals surface area contributed by atoms with E-state index in [1.165, 1.54) is 0 Å². The molecule has 3 rings (SSSR count). The number of hydrogen-bond donors (Lipinski definition) is 1. The highest BCUT2D eigenvalue weighted by Crippen LogP contribution is 2.35. The zero-order valence-corrected chi connectivity index (χ0v) is 12.7. The lowest BCUT2D eigenvalue weighted by Crippen LogP contribution is -1.93. The predicted molar refractivity (Wildman–Crippen MR) is 86.4 cm³/mol. The van der Waals surface area contributed by atoms with Crippen molar-refractivity contribution < 1.29 is 0 Å². The minimum atomic E-state index is 0.343. The minimum Gasteiger partial charge on any atom is -0.281 e. The fraction of sp³-hybridized carbons (Fsp3) is 0.176. The van der Waals surface area contributed by atoms with Crippen LogP contribution in [0, 0.1) is 0 Å². The molecular weight excluding hydrogens is 282 g/mol. The van der Waals surface area contributed by atoms with Crippen molar-refractivity contribution in [3.8, 4) is 22.5 Å². The van der Waals surface area contributed by atoms with Gasteiger partial charge in [0.25, 0.3) is 0 Å². The van der Waals surface area contributed by atoms with Crippen LogP contribution in [0.15, 0.2) is 48.7 Å². The van der Waals surface area contributed by atoms with Gasteiger partial charge in [0.2, 0.25) is 0 Å². The van der Waals surface area contributed by atoms with Crippen LogP contribution in [-0.2, 0) is 0 Å². The fourth-order valence-corrected chi connectivity index (χ4v) is 2.49. The first-order valence-electron chi connectivity index (χ1n) is 6.92. The predicted octanol–water partition coefficient (Wildman–Crippen LogP) is 4.92. The van der Waals surface area contributed by atoms with E-state index < -0.39 is 0 Å². The van der Waals surface area contributed by atoms with Crippen molar-refractivity contribution in [3.05, 3.63) is 59.4 Å². The molecular formula is C17H16ClN3. The first-order valence-corrected chi connectivity index (χ1v) is 7.30. The summed E-state index contributed by atoms with van der Waals surface area (Å²) in [6.45, 7) is 4.29. The summed E-state index contributed by atoms with van der Waals surface area (Å²) in [5, 5.41) is 8.39. The van der Waals surface area contributed by atoms with Gasteiger partial charge in [-0.3, -0.25) is 10.1 Å². The molecule has 0 amide bonds. The molecule has 1 aromatic carbocycles. The maximum Gasteiger partial charge on any atom is 0.102 e. The Morgan fingerprint density at radius 3 is 2.43 bits per heavy atom. The van der Waals surface area contributed by atoms with Crippen molar-refractivity contribution >= 4 is 11.6 Å². The van der Waals surface area contributed by atoms with Crippen LogP contribution in [0.4, 0.5) is 0 Å². The summed E-state index contributed by atoms with van der Waals surface area (Å²) < 4.78 is 0. The van der Waals surface area contributed by atoms with Gasteiger partial charge in [-0.1, -0.05) is 43.6 Å². The summed E-state index contributed by atoms with van der Waals surface area (Å²) in [4.78, 5) is 4.48. The monoisotopic (exact) mass is 297 g/mol. The maximum atomic E-state index is 5.97. The molecule has 3 aromatic rings. The number of aromatic amines is 1. The summed E-state index contributed by atoms with van der Waals surface area (Å²) in [7, 11) is 0. The molecule has 0 fully saturated rings. The van der Waals surface area contributed by atoms with Crippen LogP contribution < -0.4 is 0 Å². The quantitative estimate of drug-likeness (QED) is 0.746. The molecule has 0 unspecified atom stereocenters.